The fourth-order valence-corrected chi connectivity index (χ4v) is 2.80. The van der Waals surface area contributed by atoms with Crippen molar-refractivity contribution in [2.45, 2.75) is 45.2 Å². The van der Waals surface area contributed by atoms with E-state index in [1.165, 1.54) is 13.2 Å². The molecule has 2 atom stereocenters. The van der Waals surface area contributed by atoms with Crippen molar-refractivity contribution in [1.82, 2.24) is 4.90 Å². The van der Waals surface area contributed by atoms with Crippen LogP contribution in [0.5, 0.6) is 11.5 Å². The molecule has 1 aromatic carbocycles. The highest BCUT2D eigenvalue weighted by molar-refractivity contribution is 5.97. The van der Waals surface area contributed by atoms with Crippen LogP contribution in [0.25, 0.3) is 0 Å². The highest BCUT2D eigenvalue weighted by atomic mass is 16.5. The standard InChI is InChI=1S/C15H21NO3/c1-4-11-6-5-10(2)16(11)15(18)13-8-7-12(19-3)9-14(13)17/h7-11,17H,4-6H2,1-3H3. The van der Waals surface area contributed by atoms with Crippen molar-refractivity contribution in [3.05, 3.63) is 23.8 Å². The van der Waals surface area contributed by atoms with Crippen molar-refractivity contribution in [2.24, 2.45) is 0 Å². The zero-order valence-electron chi connectivity index (χ0n) is 11.7. The monoisotopic (exact) mass is 263 g/mol. The lowest BCUT2D eigenvalue weighted by Crippen LogP contribution is -2.39. The first kappa shape index (κ1) is 13.7. The van der Waals surface area contributed by atoms with Crippen LogP contribution in [0.15, 0.2) is 18.2 Å². The predicted molar refractivity (Wildman–Crippen MR) is 73.6 cm³/mol. The number of carbonyl (C=O) groups is 1. The molecule has 1 aromatic rings. The summed E-state index contributed by atoms with van der Waals surface area (Å²) in [4.78, 5) is 14.5. The molecule has 0 saturated carbocycles. The second-order valence-corrected chi connectivity index (χ2v) is 5.08. The summed E-state index contributed by atoms with van der Waals surface area (Å²) in [6, 6.07) is 5.33. The van der Waals surface area contributed by atoms with Gasteiger partial charge in [-0.2, -0.15) is 0 Å². The molecule has 0 radical (unpaired) electrons. The Morgan fingerprint density at radius 3 is 2.79 bits per heavy atom. The summed E-state index contributed by atoms with van der Waals surface area (Å²) in [6.07, 6.45) is 3.02. The zero-order valence-corrected chi connectivity index (χ0v) is 11.7. The Balaban J connectivity index is 2.28. The number of phenolic OH excluding ortho intramolecular Hbond substituents is 1. The van der Waals surface area contributed by atoms with E-state index >= 15 is 0 Å². The molecule has 2 unspecified atom stereocenters. The van der Waals surface area contributed by atoms with Gasteiger partial charge in [-0.1, -0.05) is 6.92 Å². The number of likely N-dealkylation sites (tertiary alicyclic amines) is 1. The Bertz CT molecular complexity index is 472. The molecule has 2 rings (SSSR count). The van der Waals surface area contributed by atoms with Gasteiger partial charge in [-0.05, 0) is 38.3 Å². The fraction of sp³-hybridized carbons (Fsp3) is 0.533. The first-order valence-corrected chi connectivity index (χ1v) is 6.78. The van der Waals surface area contributed by atoms with Gasteiger partial charge in [-0.15, -0.1) is 0 Å². The van der Waals surface area contributed by atoms with Gasteiger partial charge in [0.25, 0.3) is 5.91 Å². The number of hydrogen-bond acceptors (Lipinski definition) is 3. The molecule has 4 nitrogen and oxygen atoms in total. The van der Waals surface area contributed by atoms with E-state index in [0.717, 1.165) is 19.3 Å². The Hall–Kier alpha value is -1.71. The summed E-state index contributed by atoms with van der Waals surface area (Å²) in [6.45, 7) is 4.16. The topological polar surface area (TPSA) is 49.8 Å². The van der Waals surface area contributed by atoms with Gasteiger partial charge < -0.3 is 14.7 Å². The lowest BCUT2D eigenvalue weighted by molar-refractivity contribution is 0.0673. The average Bonchev–Trinajstić information content (AvgIpc) is 2.78. The number of hydrogen-bond donors (Lipinski definition) is 1. The number of phenols is 1. The fourth-order valence-electron chi connectivity index (χ4n) is 2.80. The van der Waals surface area contributed by atoms with Crippen LogP contribution >= 0.6 is 0 Å². The smallest absolute Gasteiger partial charge is 0.258 e. The van der Waals surface area contributed by atoms with Crippen LogP contribution in [-0.4, -0.2) is 35.1 Å². The summed E-state index contributed by atoms with van der Waals surface area (Å²) in [5, 5.41) is 9.97. The van der Waals surface area contributed by atoms with Crippen molar-refractivity contribution in [3.8, 4) is 11.5 Å². The summed E-state index contributed by atoms with van der Waals surface area (Å²) >= 11 is 0. The minimum Gasteiger partial charge on any atom is -0.507 e. The van der Waals surface area contributed by atoms with Gasteiger partial charge in [0.15, 0.2) is 0 Å². The molecule has 1 fully saturated rings. The summed E-state index contributed by atoms with van der Waals surface area (Å²) in [7, 11) is 1.53. The molecule has 1 N–H and O–H groups in total. The van der Waals surface area contributed by atoms with Crippen LogP contribution in [0.3, 0.4) is 0 Å². The van der Waals surface area contributed by atoms with E-state index in [9.17, 15) is 9.90 Å². The Labute approximate surface area is 114 Å². The number of carbonyl (C=O) groups excluding carboxylic acids is 1. The van der Waals surface area contributed by atoms with Crippen molar-refractivity contribution >= 4 is 5.91 Å². The van der Waals surface area contributed by atoms with E-state index in [2.05, 4.69) is 13.8 Å². The second kappa shape index (κ2) is 5.51. The maximum Gasteiger partial charge on any atom is 0.258 e. The number of rotatable bonds is 3. The first-order chi connectivity index (χ1) is 9.08. The minimum atomic E-state index is -0.0861. The molecule has 0 bridgehead atoms. The number of methoxy groups -OCH3 is 1. The molecular formula is C15H21NO3. The summed E-state index contributed by atoms with van der Waals surface area (Å²) in [5.41, 5.74) is 0.355. The van der Waals surface area contributed by atoms with Crippen LogP contribution in [-0.2, 0) is 0 Å². The third kappa shape index (κ3) is 2.53. The van der Waals surface area contributed by atoms with Gasteiger partial charge in [-0.25, -0.2) is 0 Å². The molecule has 1 aliphatic rings. The molecule has 0 aromatic heterocycles. The number of ether oxygens (including phenoxy) is 1. The number of aromatic hydroxyl groups is 1. The Morgan fingerprint density at radius 2 is 2.21 bits per heavy atom. The van der Waals surface area contributed by atoms with Crippen LogP contribution in [0, 0.1) is 0 Å². The van der Waals surface area contributed by atoms with Crippen molar-refractivity contribution in [3.63, 3.8) is 0 Å². The van der Waals surface area contributed by atoms with Crippen molar-refractivity contribution in [2.75, 3.05) is 7.11 Å². The van der Waals surface area contributed by atoms with Crippen LogP contribution in [0.1, 0.15) is 43.5 Å². The molecule has 1 heterocycles. The first-order valence-electron chi connectivity index (χ1n) is 6.78. The zero-order chi connectivity index (χ0) is 14.0. The molecule has 104 valence electrons. The Morgan fingerprint density at radius 1 is 1.47 bits per heavy atom. The van der Waals surface area contributed by atoms with Crippen LogP contribution < -0.4 is 4.74 Å². The molecule has 4 heteroatoms. The average molecular weight is 263 g/mol. The number of nitrogens with zero attached hydrogens (tertiary/aromatic N) is 1. The molecule has 0 spiro atoms. The van der Waals surface area contributed by atoms with E-state index in [0.29, 0.717) is 11.3 Å². The van der Waals surface area contributed by atoms with E-state index < -0.39 is 0 Å². The highest BCUT2D eigenvalue weighted by Crippen LogP contribution is 2.31. The molecule has 1 saturated heterocycles. The van der Waals surface area contributed by atoms with Crippen LogP contribution in [0.4, 0.5) is 0 Å². The maximum atomic E-state index is 12.6. The van der Waals surface area contributed by atoms with Crippen LogP contribution in [0.2, 0.25) is 0 Å². The number of benzene rings is 1. The van der Waals surface area contributed by atoms with Gasteiger partial charge in [0.05, 0.1) is 12.7 Å². The van der Waals surface area contributed by atoms with Gasteiger partial charge in [0, 0.05) is 18.2 Å². The molecular weight excluding hydrogens is 242 g/mol. The quantitative estimate of drug-likeness (QED) is 0.912. The highest BCUT2D eigenvalue weighted by Gasteiger charge is 2.34. The third-order valence-electron chi connectivity index (χ3n) is 3.93. The molecule has 19 heavy (non-hydrogen) atoms. The molecule has 1 amide bonds. The normalized spacial score (nSPS) is 22.6. The SMILES string of the molecule is CCC1CCC(C)N1C(=O)c1ccc(OC)cc1O. The van der Waals surface area contributed by atoms with E-state index in [1.807, 2.05) is 4.90 Å². The maximum absolute atomic E-state index is 12.6. The third-order valence-corrected chi connectivity index (χ3v) is 3.93. The minimum absolute atomic E-state index is 0.0155. The molecule has 1 aliphatic heterocycles. The second-order valence-electron chi connectivity index (χ2n) is 5.08. The van der Waals surface area contributed by atoms with E-state index in [4.69, 9.17) is 4.74 Å². The molecule has 0 aliphatic carbocycles. The van der Waals surface area contributed by atoms with Gasteiger partial charge in [0.1, 0.15) is 11.5 Å². The van der Waals surface area contributed by atoms with Gasteiger partial charge in [-0.3, -0.25) is 4.79 Å². The predicted octanol–water partition coefficient (Wildman–Crippen LogP) is 2.80. The largest absolute Gasteiger partial charge is 0.507 e. The lowest BCUT2D eigenvalue weighted by Gasteiger charge is -2.28. The van der Waals surface area contributed by atoms with Crippen molar-refractivity contribution in [1.29, 1.82) is 0 Å². The van der Waals surface area contributed by atoms with Crippen molar-refractivity contribution < 1.29 is 14.6 Å². The summed E-state index contributed by atoms with van der Waals surface area (Å²) in [5.74, 6) is 0.450. The van der Waals surface area contributed by atoms with E-state index in [1.54, 1.807) is 12.1 Å². The van der Waals surface area contributed by atoms with Gasteiger partial charge in [0.2, 0.25) is 0 Å². The lowest BCUT2D eigenvalue weighted by atomic mass is 10.1. The van der Waals surface area contributed by atoms with E-state index in [-0.39, 0.29) is 23.7 Å². The van der Waals surface area contributed by atoms with Gasteiger partial charge >= 0.3 is 0 Å². The number of amides is 1. The Kier molecular flexibility index (Phi) is 3.98. The summed E-state index contributed by atoms with van der Waals surface area (Å²) < 4.78 is 5.03.